The van der Waals surface area contributed by atoms with Crippen LogP contribution < -0.4 is 16.0 Å². The van der Waals surface area contributed by atoms with E-state index in [1.807, 2.05) is 37.3 Å². The van der Waals surface area contributed by atoms with Gasteiger partial charge in [-0.25, -0.2) is 0 Å². The quantitative estimate of drug-likeness (QED) is 0.749. The molecule has 3 N–H and O–H groups in total. The lowest BCUT2D eigenvalue weighted by Crippen LogP contribution is -2.36. The number of hydrogen-bond donors (Lipinski definition) is 2. The second kappa shape index (κ2) is 8.07. The van der Waals surface area contributed by atoms with E-state index in [4.69, 9.17) is 5.73 Å². The van der Waals surface area contributed by atoms with Gasteiger partial charge in [-0.15, -0.1) is 11.8 Å². The number of likely N-dealkylation sites (N-methyl/N-ethyl adjacent to an activating group) is 1. The van der Waals surface area contributed by atoms with Crippen LogP contribution in [0, 0.1) is 0 Å². The van der Waals surface area contributed by atoms with Gasteiger partial charge in [0.15, 0.2) is 0 Å². The highest BCUT2D eigenvalue weighted by molar-refractivity contribution is 7.98. The number of carbonyl (C=O) groups is 1. The number of carbonyl (C=O) groups excluding carboxylic acids is 1. The molecule has 1 aromatic rings. The van der Waals surface area contributed by atoms with E-state index in [1.165, 1.54) is 4.90 Å². The van der Waals surface area contributed by atoms with Gasteiger partial charge >= 0.3 is 0 Å². The molecule has 0 saturated carbocycles. The zero-order valence-electron chi connectivity index (χ0n) is 11.9. The third-order valence-corrected chi connectivity index (χ3v) is 3.72. The van der Waals surface area contributed by atoms with Crippen molar-refractivity contribution in [3.8, 4) is 0 Å². The standard InChI is InChI=1S/C14H23N3OS/c1-4-8-16-14(18)10-17(2)12-6-5-7-13(19-3)11(12)9-15/h5-7H,4,8-10,15H2,1-3H3,(H,16,18). The summed E-state index contributed by atoms with van der Waals surface area (Å²) in [6, 6.07) is 6.07. The minimum Gasteiger partial charge on any atom is -0.365 e. The van der Waals surface area contributed by atoms with Crippen LogP contribution in [0.3, 0.4) is 0 Å². The smallest absolute Gasteiger partial charge is 0.239 e. The second-order valence-corrected chi connectivity index (χ2v) is 5.22. The zero-order chi connectivity index (χ0) is 14.3. The zero-order valence-corrected chi connectivity index (χ0v) is 12.7. The van der Waals surface area contributed by atoms with E-state index in [-0.39, 0.29) is 5.91 Å². The highest BCUT2D eigenvalue weighted by atomic mass is 32.2. The molecule has 0 atom stereocenters. The molecule has 0 aromatic heterocycles. The van der Waals surface area contributed by atoms with Crippen molar-refractivity contribution in [1.29, 1.82) is 0 Å². The SMILES string of the molecule is CCCNC(=O)CN(C)c1cccc(SC)c1CN. The lowest BCUT2D eigenvalue weighted by molar-refractivity contribution is -0.119. The molecule has 1 amide bonds. The largest absolute Gasteiger partial charge is 0.365 e. The first-order valence-electron chi connectivity index (χ1n) is 6.47. The molecule has 0 aliphatic rings. The molecule has 106 valence electrons. The van der Waals surface area contributed by atoms with Crippen LogP contribution in [0.15, 0.2) is 23.1 Å². The van der Waals surface area contributed by atoms with Crippen LogP contribution in [0.1, 0.15) is 18.9 Å². The van der Waals surface area contributed by atoms with Gasteiger partial charge in [0.05, 0.1) is 6.54 Å². The maximum Gasteiger partial charge on any atom is 0.239 e. The lowest BCUT2D eigenvalue weighted by atomic mass is 10.1. The van der Waals surface area contributed by atoms with Crippen molar-refractivity contribution in [2.45, 2.75) is 24.8 Å². The number of nitrogens with two attached hydrogens (primary N) is 1. The van der Waals surface area contributed by atoms with Crippen LogP contribution in [-0.2, 0) is 11.3 Å². The number of hydrogen-bond acceptors (Lipinski definition) is 4. The Labute approximate surface area is 119 Å². The number of anilines is 1. The fraction of sp³-hybridized carbons (Fsp3) is 0.500. The summed E-state index contributed by atoms with van der Waals surface area (Å²) in [6.45, 7) is 3.60. The minimum atomic E-state index is 0.0434. The van der Waals surface area contributed by atoms with E-state index in [9.17, 15) is 4.79 Å². The number of thioether (sulfide) groups is 1. The molecule has 0 aliphatic heterocycles. The summed E-state index contributed by atoms with van der Waals surface area (Å²) in [5, 5.41) is 2.88. The van der Waals surface area contributed by atoms with Gasteiger partial charge in [0.1, 0.15) is 0 Å². The molecule has 0 bridgehead atoms. The topological polar surface area (TPSA) is 58.4 Å². The van der Waals surface area contributed by atoms with E-state index in [0.717, 1.165) is 24.2 Å². The Morgan fingerprint density at radius 3 is 2.79 bits per heavy atom. The summed E-state index contributed by atoms with van der Waals surface area (Å²) in [7, 11) is 1.92. The Kier molecular flexibility index (Phi) is 6.73. The van der Waals surface area contributed by atoms with E-state index in [0.29, 0.717) is 13.1 Å². The predicted molar refractivity (Wildman–Crippen MR) is 82.7 cm³/mol. The Morgan fingerprint density at radius 1 is 1.47 bits per heavy atom. The molecule has 1 aromatic carbocycles. The van der Waals surface area contributed by atoms with Crippen LogP contribution in [0.5, 0.6) is 0 Å². The summed E-state index contributed by atoms with van der Waals surface area (Å²) < 4.78 is 0. The van der Waals surface area contributed by atoms with Crippen LogP contribution >= 0.6 is 11.8 Å². The van der Waals surface area contributed by atoms with Gasteiger partial charge in [-0.1, -0.05) is 13.0 Å². The normalized spacial score (nSPS) is 10.3. The van der Waals surface area contributed by atoms with Gasteiger partial charge in [-0.2, -0.15) is 0 Å². The maximum absolute atomic E-state index is 11.8. The second-order valence-electron chi connectivity index (χ2n) is 4.37. The molecule has 1 rings (SSSR count). The third-order valence-electron chi connectivity index (χ3n) is 2.90. The molecule has 0 saturated heterocycles. The van der Waals surface area contributed by atoms with Gasteiger partial charge in [0.2, 0.25) is 5.91 Å². The fourth-order valence-corrected chi connectivity index (χ4v) is 2.58. The van der Waals surface area contributed by atoms with Gasteiger partial charge < -0.3 is 16.0 Å². The van der Waals surface area contributed by atoms with Crippen molar-refractivity contribution >= 4 is 23.4 Å². The molecule has 0 heterocycles. The van der Waals surface area contributed by atoms with Gasteiger partial charge in [-0.3, -0.25) is 4.79 Å². The average Bonchev–Trinajstić information content (AvgIpc) is 2.43. The number of amides is 1. The first kappa shape index (κ1) is 15.9. The summed E-state index contributed by atoms with van der Waals surface area (Å²) in [5.41, 5.74) is 7.96. The molecule has 0 spiro atoms. The van der Waals surface area contributed by atoms with Crippen molar-refractivity contribution in [1.82, 2.24) is 5.32 Å². The monoisotopic (exact) mass is 281 g/mol. The van der Waals surface area contributed by atoms with E-state index >= 15 is 0 Å². The number of nitrogens with zero attached hydrogens (tertiary/aromatic N) is 1. The lowest BCUT2D eigenvalue weighted by Gasteiger charge is -2.23. The third kappa shape index (κ3) is 4.44. The molecular weight excluding hydrogens is 258 g/mol. The van der Waals surface area contributed by atoms with Gasteiger partial charge in [0.25, 0.3) is 0 Å². The number of nitrogens with one attached hydrogen (secondary N) is 1. The molecule has 0 unspecified atom stereocenters. The maximum atomic E-state index is 11.8. The molecule has 0 aliphatic carbocycles. The molecule has 0 fully saturated rings. The average molecular weight is 281 g/mol. The van der Waals surface area contributed by atoms with Crippen molar-refractivity contribution in [3.05, 3.63) is 23.8 Å². The van der Waals surface area contributed by atoms with Crippen molar-refractivity contribution in [2.24, 2.45) is 5.73 Å². The van der Waals surface area contributed by atoms with E-state index < -0.39 is 0 Å². The summed E-state index contributed by atoms with van der Waals surface area (Å²) >= 11 is 1.68. The first-order chi connectivity index (χ1) is 9.13. The van der Waals surface area contributed by atoms with E-state index in [2.05, 4.69) is 11.4 Å². The van der Waals surface area contributed by atoms with Crippen molar-refractivity contribution in [2.75, 3.05) is 31.3 Å². The molecule has 4 nitrogen and oxygen atoms in total. The minimum absolute atomic E-state index is 0.0434. The van der Waals surface area contributed by atoms with Crippen molar-refractivity contribution in [3.63, 3.8) is 0 Å². The first-order valence-corrected chi connectivity index (χ1v) is 7.70. The molecule has 19 heavy (non-hydrogen) atoms. The molecule has 5 heteroatoms. The van der Waals surface area contributed by atoms with E-state index in [1.54, 1.807) is 11.8 Å². The summed E-state index contributed by atoms with van der Waals surface area (Å²) in [6.07, 6.45) is 2.98. The Morgan fingerprint density at radius 2 is 2.21 bits per heavy atom. The summed E-state index contributed by atoms with van der Waals surface area (Å²) in [4.78, 5) is 14.9. The Balaban J connectivity index is 2.81. The van der Waals surface area contributed by atoms with Crippen LogP contribution in [-0.4, -0.2) is 32.3 Å². The van der Waals surface area contributed by atoms with Gasteiger partial charge in [0, 0.05) is 36.3 Å². The molecule has 0 radical (unpaired) electrons. The van der Waals surface area contributed by atoms with Crippen LogP contribution in [0.2, 0.25) is 0 Å². The Hall–Kier alpha value is -1.20. The number of rotatable bonds is 7. The fourth-order valence-electron chi connectivity index (χ4n) is 1.93. The predicted octanol–water partition coefficient (Wildman–Crippen LogP) is 1.83. The van der Waals surface area contributed by atoms with Crippen LogP contribution in [0.4, 0.5) is 5.69 Å². The Bertz CT molecular complexity index is 423. The highest BCUT2D eigenvalue weighted by Gasteiger charge is 2.12. The van der Waals surface area contributed by atoms with Crippen molar-refractivity contribution < 1.29 is 4.79 Å². The number of benzene rings is 1. The molecular formula is C14H23N3OS. The highest BCUT2D eigenvalue weighted by Crippen LogP contribution is 2.28. The van der Waals surface area contributed by atoms with Gasteiger partial charge in [-0.05, 0) is 24.8 Å². The summed E-state index contributed by atoms with van der Waals surface area (Å²) in [5.74, 6) is 0.0434. The van der Waals surface area contributed by atoms with Crippen LogP contribution in [0.25, 0.3) is 0 Å².